The van der Waals surface area contributed by atoms with Gasteiger partial charge in [0.1, 0.15) is 5.82 Å². The van der Waals surface area contributed by atoms with Crippen molar-refractivity contribution in [2.75, 3.05) is 19.6 Å². The maximum atomic E-state index is 13.5. The Bertz CT molecular complexity index is 321. The van der Waals surface area contributed by atoms with Gasteiger partial charge >= 0.3 is 0 Å². The fourth-order valence-corrected chi connectivity index (χ4v) is 2.01. The van der Waals surface area contributed by atoms with Gasteiger partial charge in [-0.15, -0.1) is 0 Å². The Hall–Kier alpha value is -0.930. The van der Waals surface area contributed by atoms with Gasteiger partial charge in [0.05, 0.1) is 0 Å². The van der Waals surface area contributed by atoms with Crippen molar-refractivity contribution in [2.45, 2.75) is 18.9 Å². The molecule has 1 radical (unpaired) electrons. The largest absolute Gasteiger partial charge is 0.314 e. The summed E-state index contributed by atoms with van der Waals surface area (Å²) >= 11 is 0. The van der Waals surface area contributed by atoms with Crippen molar-refractivity contribution in [1.29, 1.82) is 0 Å². The molecular weight excluding hydrogens is 191 g/mol. The first-order chi connectivity index (χ1) is 7.29. The normalized spacial score (nSPS) is 23.7. The summed E-state index contributed by atoms with van der Waals surface area (Å²) in [6, 6.07) is 7.18. The van der Waals surface area contributed by atoms with E-state index in [1.165, 1.54) is 6.07 Å². The molecule has 1 aliphatic heterocycles. The second-order valence-electron chi connectivity index (χ2n) is 3.99. The highest BCUT2D eigenvalue weighted by atomic mass is 19.1. The molecule has 3 heteroatoms. The Morgan fingerprint density at radius 1 is 1.47 bits per heavy atom. The van der Waals surface area contributed by atoms with Crippen LogP contribution >= 0.6 is 0 Å². The number of halogens is 1. The van der Waals surface area contributed by atoms with Crippen molar-refractivity contribution in [1.82, 2.24) is 10.6 Å². The SMILES string of the molecule is CC(c1ccccc1F)C1CNCC[N]1. The molecule has 81 valence electrons. The third-order valence-electron chi connectivity index (χ3n) is 2.98. The lowest BCUT2D eigenvalue weighted by Gasteiger charge is -2.28. The third kappa shape index (κ3) is 2.36. The number of nitrogens with zero attached hydrogens (tertiary/aromatic N) is 1. The summed E-state index contributed by atoms with van der Waals surface area (Å²) in [5, 5.41) is 7.81. The minimum Gasteiger partial charge on any atom is -0.314 e. The molecule has 0 saturated carbocycles. The van der Waals surface area contributed by atoms with Crippen LogP contribution in [0.2, 0.25) is 0 Å². The van der Waals surface area contributed by atoms with Gasteiger partial charge in [-0.05, 0) is 11.6 Å². The predicted octanol–water partition coefficient (Wildman–Crippen LogP) is 1.51. The quantitative estimate of drug-likeness (QED) is 0.781. The van der Waals surface area contributed by atoms with Crippen LogP contribution in [0.15, 0.2) is 24.3 Å². The zero-order valence-electron chi connectivity index (χ0n) is 8.91. The molecule has 2 unspecified atom stereocenters. The Labute approximate surface area is 89.9 Å². The van der Waals surface area contributed by atoms with Crippen LogP contribution < -0.4 is 10.6 Å². The second kappa shape index (κ2) is 4.73. The fraction of sp³-hybridized carbons (Fsp3) is 0.500. The van der Waals surface area contributed by atoms with Gasteiger partial charge in [-0.1, -0.05) is 25.1 Å². The summed E-state index contributed by atoms with van der Waals surface area (Å²) < 4.78 is 13.5. The maximum absolute atomic E-state index is 13.5. The van der Waals surface area contributed by atoms with Crippen LogP contribution in [0, 0.1) is 5.82 Å². The summed E-state index contributed by atoms with van der Waals surface area (Å²) in [6.07, 6.45) is 0. The molecule has 1 aliphatic rings. The molecule has 1 aromatic rings. The summed E-state index contributed by atoms with van der Waals surface area (Å²) in [5.74, 6) is 0.0322. The predicted molar refractivity (Wildman–Crippen MR) is 58.5 cm³/mol. The Morgan fingerprint density at radius 2 is 2.27 bits per heavy atom. The van der Waals surface area contributed by atoms with Gasteiger partial charge in [-0.3, -0.25) is 0 Å². The lowest BCUT2D eigenvalue weighted by Crippen LogP contribution is -2.46. The van der Waals surface area contributed by atoms with E-state index in [0.29, 0.717) is 0 Å². The van der Waals surface area contributed by atoms with E-state index in [9.17, 15) is 4.39 Å². The molecule has 1 saturated heterocycles. The van der Waals surface area contributed by atoms with E-state index < -0.39 is 0 Å². The highest BCUT2D eigenvalue weighted by Gasteiger charge is 2.23. The van der Waals surface area contributed by atoms with Gasteiger partial charge in [0.15, 0.2) is 0 Å². The first-order valence-corrected chi connectivity index (χ1v) is 5.41. The zero-order valence-corrected chi connectivity index (χ0v) is 8.91. The maximum Gasteiger partial charge on any atom is 0.126 e. The molecule has 1 aromatic carbocycles. The summed E-state index contributed by atoms with van der Waals surface area (Å²) in [6.45, 7) is 4.68. The zero-order chi connectivity index (χ0) is 10.7. The van der Waals surface area contributed by atoms with Gasteiger partial charge in [-0.2, -0.15) is 0 Å². The highest BCUT2D eigenvalue weighted by molar-refractivity contribution is 5.23. The van der Waals surface area contributed by atoms with E-state index in [-0.39, 0.29) is 17.8 Å². The van der Waals surface area contributed by atoms with Crippen molar-refractivity contribution < 1.29 is 4.39 Å². The van der Waals surface area contributed by atoms with Crippen molar-refractivity contribution in [2.24, 2.45) is 0 Å². The standard InChI is InChI=1S/C12H16FN2/c1-9(12-8-14-6-7-15-12)10-4-2-3-5-11(10)13/h2-5,9,12,14H,6-8H2,1H3. The molecule has 2 atom stereocenters. The van der Waals surface area contributed by atoms with Gasteiger partial charge in [0.25, 0.3) is 0 Å². The topological polar surface area (TPSA) is 26.1 Å². The highest BCUT2D eigenvalue weighted by Crippen LogP contribution is 2.22. The average molecular weight is 207 g/mol. The molecule has 0 spiro atoms. The molecule has 0 bridgehead atoms. The van der Waals surface area contributed by atoms with E-state index >= 15 is 0 Å². The van der Waals surface area contributed by atoms with Gasteiger partial charge < -0.3 is 5.32 Å². The van der Waals surface area contributed by atoms with E-state index in [1.807, 2.05) is 19.1 Å². The van der Waals surface area contributed by atoms with E-state index in [1.54, 1.807) is 6.07 Å². The number of hydrogen-bond acceptors (Lipinski definition) is 1. The molecule has 2 nitrogen and oxygen atoms in total. The number of benzene rings is 1. The minimum atomic E-state index is -0.120. The third-order valence-corrected chi connectivity index (χ3v) is 2.98. The van der Waals surface area contributed by atoms with Crippen molar-refractivity contribution in [3.63, 3.8) is 0 Å². The number of hydrogen-bond donors (Lipinski definition) is 1. The Morgan fingerprint density at radius 3 is 2.93 bits per heavy atom. The molecule has 1 N–H and O–H groups in total. The van der Waals surface area contributed by atoms with E-state index in [0.717, 1.165) is 25.2 Å². The van der Waals surface area contributed by atoms with Crippen LogP contribution in [-0.4, -0.2) is 25.7 Å². The summed E-state index contributed by atoms with van der Waals surface area (Å²) in [7, 11) is 0. The molecule has 2 rings (SSSR count). The van der Waals surface area contributed by atoms with E-state index in [2.05, 4.69) is 10.6 Å². The van der Waals surface area contributed by atoms with Crippen molar-refractivity contribution >= 4 is 0 Å². The van der Waals surface area contributed by atoms with Crippen LogP contribution in [0.1, 0.15) is 18.4 Å². The minimum absolute atomic E-state index is 0.120. The molecule has 1 heterocycles. The van der Waals surface area contributed by atoms with Crippen molar-refractivity contribution in [3.8, 4) is 0 Å². The van der Waals surface area contributed by atoms with E-state index in [4.69, 9.17) is 0 Å². The molecular formula is C12H16FN2. The van der Waals surface area contributed by atoms with Crippen molar-refractivity contribution in [3.05, 3.63) is 35.6 Å². The van der Waals surface area contributed by atoms with Gasteiger partial charge in [0.2, 0.25) is 0 Å². The molecule has 0 aliphatic carbocycles. The van der Waals surface area contributed by atoms with Crippen LogP contribution in [0.4, 0.5) is 4.39 Å². The van der Waals surface area contributed by atoms with Gasteiger partial charge in [0, 0.05) is 31.6 Å². The average Bonchev–Trinajstić information content (AvgIpc) is 2.30. The molecule has 0 amide bonds. The lowest BCUT2D eigenvalue weighted by atomic mass is 9.92. The second-order valence-corrected chi connectivity index (χ2v) is 3.99. The summed E-state index contributed by atoms with van der Waals surface area (Å²) in [4.78, 5) is 0. The number of nitrogens with one attached hydrogen (secondary N) is 1. The van der Waals surface area contributed by atoms with Crippen LogP contribution in [0.3, 0.4) is 0 Å². The molecule has 1 fully saturated rings. The number of rotatable bonds is 2. The smallest absolute Gasteiger partial charge is 0.126 e. The Kier molecular flexibility index (Phi) is 3.34. The van der Waals surface area contributed by atoms with Crippen LogP contribution in [0.25, 0.3) is 0 Å². The molecule has 15 heavy (non-hydrogen) atoms. The first-order valence-electron chi connectivity index (χ1n) is 5.41. The van der Waals surface area contributed by atoms with Crippen LogP contribution in [-0.2, 0) is 0 Å². The number of piperazine rings is 1. The first kappa shape index (κ1) is 10.6. The lowest BCUT2D eigenvalue weighted by molar-refractivity contribution is 0.365. The van der Waals surface area contributed by atoms with Crippen LogP contribution in [0.5, 0.6) is 0 Å². The Balaban J connectivity index is 2.12. The monoisotopic (exact) mass is 207 g/mol. The summed E-state index contributed by atoms with van der Waals surface area (Å²) in [5.41, 5.74) is 0.773. The molecule has 0 aromatic heterocycles. The van der Waals surface area contributed by atoms with Gasteiger partial charge in [-0.25, -0.2) is 9.71 Å². The fourth-order valence-electron chi connectivity index (χ4n) is 2.01.